The molecular formula is C14H20FNO3. The van der Waals surface area contributed by atoms with Crippen LogP contribution in [0, 0.1) is 12.7 Å². The zero-order valence-electron chi connectivity index (χ0n) is 11.6. The number of hydrogen-bond donors (Lipinski definition) is 0. The summed E-state index contributed by atoms with van der Waals surface area (Å²) < 4.78 is 23.2. The molecule has 0 atom stereocenters. The Labute approximate surface area is 113 Å². The first-order valence-corrected chi connectivity index (χ1v) is 6.13. The van der Waals surface area contributed by atoms with E-state index < -0.39 is 0 Å². The number of nitrogens with zero attached hydrogens (tertiary/aromatic N) is 1. The van der Waals surface area contributed by atoms with Crippen molar-refractivity contribution in [2.75, 3.05) is 40.5 Å². The lowest BCUT2D eigenvalue weighted by atomic mass is 10.1. The predicted octanol–water partition coefficient (Wildman–Crippen LogP) is 1.87. The van der Waals surface area contributed by atoms with Gasteiger partial charge in [-0.05, 0) is 30.7 Å². The molecule has 106 valence electrons. The number of ether oxygens (including phenoxy) is 2. The number of carbonyl (C=O) groups excluding carboxylic acids is 1. The van der Waals surface area contributed by atoms with E-state index in [0.29, 0.717) is 37.4 Å². The van der Waals surface area contributed by atoms with Crippen molar-refractivity contribution in [3.8, 4) is 0 Å². The van der Waals surface area contributed by atoms with E-state index in [4.69, 9.17) is 9.47 Å². The maximum Gasteiger partial charge on any atom is 0.254 e. The third-order valence-corrected chi connectivity index (χ3v) is 2.82. The van der Waals surface area contributed by atoms with Crippen molar-refractivity contribution >= 4 is 5.91 Å². The van der Waals surface area contributed by atoms with Crippen molar-refractivity contribution in [2.24, 2.45) is 0 Å². The summed E-state index contributed by atoms with van der Waals surface area (Å²) in [6.45, 7) is 3.51. The lowest BCUT2D eigenvalue weighted by molar-refractivity contribution is 0.0627. The maximum atomic E-state index is 13.2. The Morgan fingerprint density at radius 3 is 2.26 bits per heavy atom. The highest BCUT2D eigenvalue weighted by molar-refractivity contribution is 5.94. The fraction of sp³-hybridized carbons (Fsp3) is 0.500. The molecule has 0 saturated heterocycles. The highest BCUT2D eigenvalue weighted by Crippen LogP contribution is 2.11. The van der Waals surface area contributed by atoms with Gasteiger partial charge >= 0.3 is 0 Å². The van der Waals surface area contributed by atoms with Crippen molar-refractivity contribution < 1.29 is 18.7 Å². The zero-order valence-corrected chi connectivity index (χ0v) is 11.6. The van der Waals surface area contributed by atoms with Crippen molar-refractivity contribution in [3.63, 3.8) is 0 Å². The summed E-state index contributed by atoms with van der Waals surface area (Å²) in [4.78, 5) is 14.0. The van der Waals surface area contributed by atoms with E-state index in [1.807, 2.05) is 0 Å². The molecule has 0 radical (unpaired) electrons. The maximum absolute atomic E-state index is 13.2. The molecule has 4 nitrogen and oxygen atoms in total. The first-order valence-electron chi connectivity index (χ1n) is 6.13. The number of amides is 1. The van der Waals surface area contributed by atoms with Crippen molar-refractivity contribution in [1.29, 1.82) is 0 Å². The molecule has 1 amide bonds. The van der Waals surface area contributed by atoms with Gasteiger partial charge in [-0.25, -0.2) is 4.39 Å². The molecule has 0 aromatic heterocycles. The summed E-state index contributed by atoms with van der Waals surface area (Å²) >= 11 is 0. The van der Waals surface area contributed by atoms with Gasteiger partial charge in [0.15, 0.2) is 0 Å². The molecule has 1 aromatic rings. The van der Waals surface area contributed by atoms with Gasteiger partial charge in [0.05, 0.1) is 13.2 Å². The fourth-order valence-corrected chi connectivity index (χ4v) is 1.68. The molecule has 0 fully saturated rings. The van der Waals surface area contributed by atoms with Gasteiger partial charge in [0.25, 0.3) is 5.91 Å². The van der Waals surface area contributed by atoms with Gasteiger partial charge in [-0.2, -0.15) is 0 Å². The highest BCUT2D eigenvalue weighted by atomic mass is 19.1. The molecule has 0 aliphatic heterocycles. The molecule has 0 unspecified atom stereocenters. The smallest absolute Gasteiger partial charge is 0.254 e. The van der Waals surface area contributed by atoms with Gasteiger partial charge in [0.2, 0.25) is 0 Å². The molecular weight excluding hydrogens is 249 g/mol. The summed E-state index contributed by atoms with van der Waals surface area (Å²) in [5.41, 5.74) is 0.940. The summed E-state index contributed by atoms with van der Waals surface area (Å²) in [7, 11) is 3.17. The van der Waals surface area contributed by atoms with E-state index in [-0.39, 0.29) is 11.7 Å². The first kappa shape index (κ1) is 15.6. The van der Waals surface area contributed by atoms with Gasteiger partial charge in [-0.1, -0.05) is 0 Å². The van der Waals surface area contributed by atoms with Gasteiger partial charge in [0, 0.05) is 32.9 Å². The minimum Gasteiger partial charge on any atom is -0.383 e. The molecule has 0 aliphatic carbocycles. The van der Waals surface area contributed by atoms with Crippen LogP contribution >= 0.6 is 0 Å². The zero-order chi connectivity index (χ0) is 14.3. The number of aryl methyl sites for hydroxylation is 1. The molecule has 0 bridgehead atoms. The molecule has 1 aromatic carbocycles. The minimum atomic E-state index is -0.308. The fourth-order valence-electron chi connectivity index (χ4n) is 1.68. The van der Waals surface area contributed by atoms with Crippen LogP contribution in [0.15, 0.2) is 18.2 Å². The van der Waals surface area contributed by atoms with E-state index in [9.17, 15) is 9.18 Å². The minimum absolute atomic E-state index is 0.141. The van der Waals surface area contributed by atoms with Crippen molar-refractivity contribution in [3.05, 3.63) is 35.1 Å². The Balaban J connectivity index is 2.81. The van der Waals surface area contributed by atoms with E-state index in [1.165, 1.54) is 12.1 Å². The Kier molecular flexibility index (Phi) is 6.45. The summed E-state index contributed by atoms with van der Waals surface area (Å²) in [5, 5.41) is 0. The van der Waals surface area contributed by atoms with Crippen LogP contribution in [0.25, 0.3) is 0 Å². The number of hydrogen-bond acceptors (Lipinski definition) is 3. The number of carbonyl (C=O) groups is 1. The normalized spacial score (nSPS) is 10.5. The SMILES string of the molecule is COCCN(CCOC)C(=O)c1ccc(F)c(C)c1. The quantitative estimate of drug-likeness (QED) is 0.758. The van der Waals surface area contributed by atoms with E-state index >= 15 is 0 Å². The van der Waals surface area contributed by atoms with E-state index in [0.717, 1.165) is 0 Å². The van der Waals surface area contributed by atoms with E-state index in [2.05, 4.69) is 0 Å². The van der Waals surface area contributed by atoms with E-state index in [1.54, 1.807) is 32.1 Å². The molecule has 0 spiro atoms. The van der Waals surface area contributed by atoms with Gasteiger partial charge in [0.1, 0.15) is 5.82 Å². The lowest BCUT2D eigenvalue weighted by Crippen LogP contribution is -2.36. The van der Waals surface area contributed by atoms with Gasteiger partial charge in [-0.3, -0.25) is 4.79 Å². The molecule has 0 heterocycles. The Bertz CT molecular complexity index is 415. The second-order valence-electron chi connectivity index (χ2n) is 4.24. The summed E-state index contributed by atoms with van der Waals surface area (Å²) in [6, 6.07) is 4.37. The van der Waals surface area contributed by atoms with Gasteiger partial charge < -0.3 is 14.4 Å². The first-order chi connectivity index (χ1) is 9.10. The van der Waals surface area contributed by atoms with Crippen LogP contribution in [-0.4, -0.2) is 51.3 Å². The summed E-state index contributed by atoms with van der Waals surface area (Å²) in [5.74, 6) is -0.450. The van der Waals surface area contributed by atoms with Crippen LogP contribution in [0.3, 0.4) is 0 Å². The number of rotatable bonds is 7. The average Bonchev–Trinajstić information content (AvgIpc) is 2.41. The number of benzene rings is 1. The highest BCUT2D eigenvalue weighted by Gasteiger charge is 2.16. The Hall–Kier alpha value is -1.46. The Morgan fingerprint density at radius 1 is 1.21 bits per heavy atom. The van der Waals surface area contributed by atoms with Crippen LogP contribution in [0.4, 0.5) is 4.39 Å². The third kappa shape index (κ3) is 4.61. The average molecular weight is 269 g/mol. The van der Waals surface area contributed by atoms with Crippen molar-refractivity contribution in [1.82, 2.24) is 4.90 Å². The molecule has 1 rings (SSSR count). The number of methoxy groups -OCH3 is 2. The molecule has 0 aliphatic rings. The molecule has 19 heavy (non-hydrogen) atoms. The second-order valence-corrected chi connectivity index (χ2v) is 4.24. The monoisotopic (exact) mass is 269 g/mol. The number of halogens is 1. The molecule has 0 saturated carbocycles. The van der Waals surface area contributed by atoms with Crippen LogP contribution in [0.1, 0.15) is 15.9 Å². The lowest BCUT2D eigenvalue weighted by Gasteiger charge is -2.22. The summed E-state index contributed by atoms with van der Waals surface area (Å²) in [6.07, 6.45) is 0. The van der Waals surface area contributed by atoms with Crippen LogP contribution in [0.2, 0.25) is 0 Å². The largest absolute Gasteiger partial charge is 0.383 e. The third-order valence-electron chi connectivity index (χ3n) is 2.82. The van der Waals surface area contributed by atoms with Crippen molar-refractivity contribution in [2.45, 2.75) is 6.92 Å². The topological polar surface area (TPSA) is 38.8 Å². The van der Waals surface area contributed by atoms with Gasteiger partial charge in [-0.15, -0.1) is 0 Å². The second kappa shape index (κ2) is 7.86. The standard InChI is InChI=1S/C14H20FNO3/c1-11-10-12(4-5-13(11)15)14(17)16(6-8-18-2)7-9-19-3/h4-5,10H,6-9H2,1-3H3. The predicted molar refractivity (Wildman–Crippen MR) is 70.8 cm³/mol. The Morgan fingerprint density at radius 2 is 1.79 bits per heavy atom. The molecule has 5 heteroatoms. The molecule has 0 N–H and O–H groups in total. The van der Waals surface area contributed by atoms with Crippen LogP contribution < -0.4 is 0 Å². The van der Waals surface area contributed by atoms with Crippen LogP contribution in [0.5, 0.6) is 0 Å². The van der Waals surface area contributed by atoms with Crippen LogP contribution in [-0.2, 0) is 9.47 Å².